The number of carbonyl (C=O) groups excluding carboxylic acids is 1. The van der Waals surface area contributed by atoms with E-state index >= 15 is 0 Å². The third kappa shape index (κ3) is 3.98. The lowest BCUT2D eigenvalue weighted by molar-refractivity contribution is 0.0921. The predicted molar refractivity (Wildman–Crippen MR) is 113 cm³/mol. The van der Waals surface area contributed by atoms with E-state index in [4.69, 9.17) is 0 Å². The van der Waals surface area contributed by atoms with E-state index in [9.17, 15) is 9.59 Å². The van der Waals surface area contributed by atoms with Crippen LogP contribution in [-0.4, -0.2) is 16.1 Å². The Balaban J connectivity index is 1.93. The van der Waals surface area contributed by atoms with Crippen molar-refractivity contribution in [3.8, 4) is 0 Å². The molecule has 28 heavy (non-hydrogen) atoms. The second-order valence-corrected chi connectivity index (χ2v) is 8.51. The summed E-state index contributed by atoms with van der Waals surface area (Å²) >= 11 is 0. The molecule has 0 bridgehead atoms. The van der Waals surface area contributed by atoms with E-state index in [0.29, 0.717) is 10.8 Å². The molecule has 1 atom stereocenters. The quantitative estimate of drug-likeness (QED) is 0.710. The molecule has 1 unspecified atom stereocenters. The Bertz CT molecular complexity index is 1040. The van der Waals surface area contributed by atoms with Gasteiger partial charge in [0.1, 0.15) is 0 Å². The molecule has 1 aromatic heterocycles. The summed E-state index contributed by atoms with van der Waals surface area (Å²) in [4.78, 5) is 25.0. The molecule has 5 heteroatoms. The van der Waals surface area contributed by atoms with Gasteiger partial charge in [-0.15, -0.1) is 0 Å². The van der Waals surface area contributed by atoms with Crippen LogP contribution in [0.1, 0.15) is 62.3 Å². The smallest absolute Gasteiger partial charge is 0.272 e. The van der Waals surface area contributed by atoms with Crippen LogP contribution in [0.4, 0.5) is 0 Å². The number of fused-ring (bicyclic) bond motifs is 1. The Morgan fingerprint density at radius 2 is 1.61 bits per heavy atom. The molecule has 1 amide bonds. The summed E-state index contributed by atoms with van der Waals surface area (Å²) in [6, 6.07) is 15.2. The van der Waals surface area contributed by atoms with E-state index in [2.05, 4.69) is 74.4 Å². The zero-order valence-corrected chi connectivity index (χ0v) is 17.0. The number of carbonyl (C=O) groups is 1. The maximum atomic E-state index is 13.0. The SMILES string of the molecule is CC(C)C(NC(=O)c1n[nH]c(=O)c2ccccc12)c1ccc(C(C)(C)C)cc1. The van der Waals surface area contributed by atoms with E-state index in [1.54, 1.807) is 24.3 Å². The normalized spacial score (nSPS) is 12.9. The van der Waals surface area contributed by atoms with Crippen molar-refractivity contribution >= 4 is 16.7 Å². The van der Waals surface area contributed by atoms with Gasteiger partial charge >= 0.3 is 0 Å². The standard InChI is InChI=1S/C23H27N3O2/c1-14(2)19(15-10-12-16(13-11-15)23(3,4)5)24-22(28)20-17-8-6-7-9-18(17)21(27)26-25-20/h6-14,19H,1-5H3,(H,24,28)(H,26,27). The minimum atomic E-state index is -0.301. The van der Waals surface area contributed by atoms with E-state index in [0.717, 1.165) is 5.56 Å². The highest BCUT2D eigenvalue weighted by Crippen LogP contribution is 2.27. The van der Waals surface area contributed by atoms with Crippen molar-refractivity contribution in [3.05, 3.63) is 75.7 Å². The minimum absolute atomic E-state index is 0.0772. The highest BCUT2D eigenvalue weighted by atomic mass is 16.2. The number of hydrogen-bond acceptors (Lipinski definition) is 3. The number of aromatic nitrogens is 2. The fraction of sp³-hybridized carbons (Fsp3) is 0.348. The Hall–Kier alpha value is -2.95. The van der Waals surface area contributed by atoms with Crippen molar-refractivity contribution in [1.82, 2.24) is 15.5 Å². The van der Waals surface area contributed by atoms with Gasteiger partial charge in [0.05, 0.1) is 11.4 Å². The lowest BCUT2D eigenvalue weighted by Crippen LogP contribution is -2.33. The molecule has 0 aliphatic rings. The summed E-state index contributed by atoms with van der Waals surface area (Å²) in [6.07, 6.45) is 0. The van der Waals surface area contributed by atoms with Gasteiger partial charge in [0.15, 0.2) is 5.69 Å². The first-order valence-corrected chi connectivity index (χ1v) is 9.57. The van der Waals surface area contributed by atoms with Crippen LogP contribution in [0.25, 0.3) is 10.8 Å². The molecule has 3 rings (SSSR count). The molecule has 0 fully saturated rings. The number of benzene rings is 2. The van der Waals surface area contributed by atoms with Crippen LogP contribution in [0.5, 0.6) is 0 Å². The van der Waals surface area contributed by atoms with Gasteiger partial charge in [0.25, 0.3) is 11.5 Å². The minimum Gasteiger partial charge on any atom is -0.344 e. The second kappa shape index (κ2) is 7.58. The topological polar surface area (TPSA) is 74.8 Å². The van der Waals surface area contributed by atoms with Crippen molar-refractivity contribution in [2.45, 2.75) is 46.1 Å². The van der Waals surface area contributed by atoms with Crippen LogP contribution >= 0.6 is 0 Å². The first kappa shape index (κ1) is 19.8. The van der Waals surface area contributed by atoms with E-state index < -0.39 is 0 Å². The Kier molecular flexibility index (Phi) is 5.36. The largest absolute Gasteiger partial charge is 0.344 e. The number of rotatable bonds is 4. The average molecular weight is 377 g/mol. The molecule has 1 heterocycles. The summed E-state index contributed by atoms with van der Waals surface area (Å²) in [5, 5.41) is 10.5. The Morgan fingerprint density at radius 1 is 1.00 bits per heavy atom. The third-order valence-electron chi connectivity index (χ3n) is 5.00. The molecule has 0 radical (unpaired) electrons. The van der Waals surface area contributed by atoms with Crippen LogP contribution < -0.4 is 10.9 Å². The van der Waals surface area contributed by atoms with Crippen molar-refractivity contribution in [1.29, 1.82) is 0 Å². The number of nitrogens with zero attached hydrogens (tertiary/aromatic N) is 1. The van der Waals surface area contributed by atoms with Gasteiger partial charge in [-0.1, -0.05) is 77.1 Å². The number of amides is 1. The predicted octanol–water partition coefficient (Wildman–Crippen LogP) is 4.35. The fourth-order valence-electron chi connectivity index (χ4n) is 3.32. The van der Waals surface area contributed by atoms with Crippen LogP contribution in [0, 0.1) is 5.92 Å². The lowest BCUT2D eigenvalue weighted by Gasteiger charge is -2.25. The molecule has 3 aromatic rings. The van der Waals surface area contributed by atoms with Gasteiger partial charge in [-0.2, -0.15) is 5.10 Å². The van der Waals surface area contributed by atoms with Gasteiger partial charge in [-0.3, -0.25) is 9.59 Å². The zero-order chi connectivity index (χ0) is 20.5. The molecule has 2 aromatic carbocycles. The van der Waals surface area contributed by atoms with Crippen LogP contribution in [0.2, 0.25) is 0 Å². The van der Waals surface area contributed by atoms with E-state index in [1.165, 1.54) is 5.56 Å². The van der Waals surface area contributed by atoms with Gasteiger partial charge in [0.2, 0.25) is 0 Å². The van der Waals surface area contributed by atoms with Crippen molar-refractivity contribution in [3.63, 3.8) is 0 Å². The zero-order valence-electron chi connectivity index (χ0n) is 17.0. The number of hydrogen-bond donors (Lipinski definition) is 2. The van der Waals surface area contributed by atoms with Gasteiger partial charge in [-0.05, 0) is 28.5 Å². The molecule has 0 aliphatic carbocycles. The maximum absolute atomic E-state index is 13.0. The van der Waals surface area contributed by atoms with Gasteiger partial charge < -0.3 is 5.32 Å². The number of aromatic amines is 1. The highest BCUT2D eigenvalue weighted by Gasteiger charge is 2.22. The first-order valence-electron chi connectivity index (χ1n) is 9.57. The molecule has 0 aliphatic heterocycles. The number of H-pyrrole nitrogens is 1. The third-order valence-corrected chi connectivity index (χ3v) is 5.00. The molecule has 0 saturated carbocycles. The lowest BCUT2D eigenvalue weighted by atomic mass is 9.85. The first-order chi connectivity index (χ1) is 13.2. The van der Waals surface area contributed by atoms with Gasteiger partial charge in [-0.25, -0.2) is 5.10 Å². The molecular formula is C23H27N3O2. The fourth-order valence-corrected chi connectivity index (χ4v) is 3.32. The summed E-state index contributed by atoms with van der Waals surface area (Å²) < 4.78 is 0. The Labute approximate surface area is 165 Å². The second-order valence-electron chi connectivity index (χ2n) is 8.51. The van der Waals surface area contributed by atoms with Gasteiger partial charge in [0, 0.05) is 5.39 Å². The maximum Gasteiger partial charge on any atom is 0.272 e. The van der Waals surface area contributed by atoms with Crippen LogP contribution in [0.15, 0.2) is 53.3 Å². The molecule has 146 valence electrons. The Morgan fingerprint density at radius 3 is 2.18 bits per heavy atom. The highest BCUT2D eigenvalue weighted by molar-refractivity contribution is 6.04. The summed E-state index contributed by atoms with van der Waals surface area (Å²) in [6.45, 7) is 10.7. The average Bonchev–Trinajstić information content (AvgIpc) is 2.65. The molecular weight excluding hydrogens is 350 g/mol. The van der Waals surface area contributed by atoms with Crippen LogP contribution in [-0.2, 0) is 5.41 Å². The van der Waals surface area contributed by atoms with Crippen molar-refractivity contribution in [2.75, 3.05) is 0 Å². The summed E-state index contributed by atoms with van der Waals surface area (Å²) in [5.74, 6) is -0.107. The van der Waals surface area contributed by atoms with Crippen molar-refractivity contribution < 1.29 is 4.79 Å². The van der Waals surface area contributed by atoms with Crippen LogP contribution in [0.3, 0.4) is 0 Å². The molecule has 0 saturated heterocycles. The van der Waals surface area contributed by atoms with E-state index in [1.807, 2.05) is 0 Å². The summed E-state index contributed by atoms with van der Waals surface area (Å²) in [5.41, 5.74) is 2.30. The number of nitrogens with one attached hydrogen (secondary N) is 2. The van der Waals surface area contributed by atoms with Crippen molar-refractivity contribution in [2.24, 2.45) is 5.92 Å². The summed E-state index contributed by atoms with van der Waals surface area (Å²) in [7, 11) is 0. The monoisotopic (exact) mass is 377 g/mol. The molecule has 2 N–H and O–H groups in total. The van der Waals surface area contributed by atoms with E-state index in [-0.39, 0.29) is 34.5 Å². The molecule has 0 spiro atoms. The molecule has 5 nitrogen and oxygen atoms in total.